The molecule has 0 bridgehead atoms. The molecule has 8 nitrogen and oxygen atoms in total. The predicted octanol–water partition coefficient (Wildman–Crippen LogP) is 4.05. The first-order valence-electron chi connectivity index (χ1n) is 9.77. The zero-order valence-corrected chi connectivity index (χ0v) is 19.1. The Hall–Kier alpha value is -3.17. The minimum atomic E-state index is -0.426. The number of amides is 1. The van der Waals surface area contributed by atoms with Gasteiger partial charge >= 0.3 is 4.87 Å². The topological polar surface area (TPSA) is 79.2 Å². The van der Waals surface area contributed by atoms with E-state index < -0.39 is 5.92 Å². The summed E-state index contributed by atoms with van der Waals surface area (Å²) in [5.41, 5.74) is 1.29. The van der Waals surface area contributed by atoms with E-state index in [1.807, 2.05) is 0 Å². The largest absolute Gasteiger partial charge is 0.493 e. The maximum atomic E-state index is 13.4. The lowest BCUT2D eigenvalue weighted by Crippen LogP contribution is -2.34. The fourth-order valence-electron chi connectivity index (χ4n) is 4.21. The Morgan fingerprint density at radius 3 is 2.62 bits per heavy atom. The van der Waals surface area contributed by atoms with Gasteiger partial charge in [-0.1, -0.05) is 29.0 Å². The Bertz CT molecular complexity index is 1300. The van der Waals surface area contributed by atoms with E-state index in [9.17, 15) is 9.59 Å². The first kappa shape index (κ1) is 20.7. The van der Waals surface area contributed by atoms with Crippen molar-refractivity contribution in [2.45, 2.75) is 12.3 Å². The molecule has 0 fully saturated rings. The maximum Gasteiger partial charge on any atom is 0.308 e. The lowest BCUT2D eigenvalue weighted by molar-refractivity contribution is -0.118. The second kappa shape index (κ2) is 7.75. The average molecular weight is 475 g/mol. The maximum absolute atomic E-state index is 13.4. The Balaban J connectivity index is 1.73. The van der Waals surface area contributed by atoms with Crippen LogP contribution in [0.3, 0.4) is 0 Å². The Morgan fingerprint density at radius 2 is 1.91 bits per heavy atom. The highest BCUT2D eigenvalue weighted by Crippen LogP contribution is 2.55. The monoisotopic (exact) mass is 474 g/mol. The zero-order chi connectivity index (χ0) is 22.6. The first-order chi connectivity index (χ1) is 15.4. The number of aromatic nitrogens is 1. The van der Waals surface area contributed by atoms with Crippen LogP contribution >= 0.6 is 22.9 Å². The number of benzene rings is 2. The number of methoxy groups -OCH3 is 2. The molecule has 10 heteroatoms. The zero-order valence-electron chi connectivity index (χ0n) is 17.5. The second-order valence-corrected chi connectivity index (χ2v) is 8.78. The van der Waals surface area contributed by atoms with Crippen molar-refractivity contribution in [1.82, 2.24) is 4.57 Å². The lowest BCUT2D eigenvalue weighted by Gasteiger charge is -2.33. The standard InChI is InChI=1S/C22H19ClN2O6S/c1-24-21-20(32-22(24)27)14(9-16(26)25(21)12-6-4-5-11(23)7-12)13-8-15(28-2)18-19(17(13)29-3)31-10-30-18/h4-8,14H,9-10H2,1-3H3. The van der Waals surface area contributed by atoms with Gasteiger partial charge in [-0.3, -0.25) is 19.1 Å². The highest BCUT2D eigenvalue weighted by Gasteiger charge is 2.40. The first-order valence-corrected chi connectivity index (χ1v) is 11.0. The Kier molecular flexibility index (Phi) is 5.02. The number of rotatable bonds is 4. The smallest absolute Gasteiger partial charge is 0.308 e. The summed E-state index contributed by atoms with van der Waals surface area (Å²) in [6.45, 7) is 0.0432. The van der Waals surface area contributed by atoms with Crippen LogP contribution in [0.1, 0.15) is 22.8 Å². The number of thiazole rings is 1. The number of hydrogen-bond acceptors (Lipinski definition) is 7. The number of nitrogens with zero attached hydrogens (tertiary/aromatic N) is 2. The normalized spacial score (nSPS) is 16.8. The third-order valence-electron chi connectivity index (χ3n) is 5.62. The summed E-state index contributed by atoms with van der Waals surface area (Å²) < 4.78 is 23.8. The summed E-state index contributed by atoms with van der Waals surface area (Å²) in [4.78, 5) is 28.3. The fraction of sp³-hybridized carbons (Fsp3) is 0.273. The van der Waals surface area contributed by atoms with Crippen molar-refractivity contribution < 1.29 is 23.7 Å². The van der Waals surface area contributed by atoms with Gasteiger partial charge in [-0.2, -0.15) is 0 Å². The molecule has 0 aliphatic carbocycles. The van der Waals surface area contributed by atoms with Gasteiger partial charge in [-0.15, -0.1) is 0 Å². The SMILES string of the molecule is COc1cc(C2CC(=O)N(c3cccc(Cl)c3)c3c2sc(=O)n3C)c(OC)c2c1OCO2. The average Bonchev–Trinajstić information content (AvgIpc) is 3.38. The van der Waals surface area contributed by atoms with E-state index in [0.717, 1.165) is 16.2 Å². The number of carbonyl (C=O) groups excluding carboxylic acids is 1. The van der Waals surface area contributed by atoms with Gasteiger partial charge in [0.1, 0.15) is 5.82 Å². The van der Waals surface area contributed by atoms with E-state index in [1.165, 1.54) is 18.8 Å². The lowest BCUT2D eigenvalue weighted by atomic mass is 9.89. The molecule has 0 spiro atoms. The van der Waals surface area contributed by atoms with E-state index in [-0.39, 0.29) is 24.0 Å². The molecule has 5 rings (SSSR count). The van der Waals surface area contributed by atoms with Gasteiger partial charge in [0.2, 0.25) is 24.2 Å². The van der Waals surface area contributed by atoms with Crippen molar-refractivity contribution in [3.8, 4) is 23.0 Å². The van der Waals surface area contributed by atoms with Crippen LogP contribution in [0, 0.1) is 0 Å². The van der Waals surface area contributed by atoms with Crippen molar-refractivity contribution in [3.63, 3.8) is 0 Å². The van der Waals surface area contributed by atoms with Gasteiger partial charge in [-0.25, -0.2) is 0 Å². The van der Waals surface area contributed by atoms with Gasteiger partial charge in [0.05, 0.1) is 24.8 Å². The molecular formula is C22H19ClN2O6S. The molecule has 1 unspecified atom stereocenters. The molecule has 1 aromatic heterocycles. The van der Waals surface area contributed by atoms with Crippen molar-refractivity contribution in [2.24, 2.45) is 7.05 Å². The molecule has 1 amide bonds. The quantitative estimate of drug-likeness (QED) is 0.567. The molecule has 3 aromatic rings. The highest BCUT2D eigenvalue weighted by atomic mass is 35.5. The summed E-state index contributed by atoms with van der Waals surface area (Å²) in [6.07, 6.45) is 0.124. The van der Waals surface area contributed by atoms with Crippen LogP contribution in [-0.2, 0) is 11.8 Å². The van der Waals surface area contributed by atoms with Gasteiger partial charge in [-0.05, 0) is 24.3 Å². The van der Waals surface area contributed by atoms with Crippen LogP contribution in [0.5, 0.6) is 23.0 Å². The van der Waals surface area contributed by atoms with Gasteiger partial charge < -0.3 is 18.9 Å². The third-order valence-corrected chi connectivity index (χ3v) is 6.99. The number of anilines is 2. The Morgan fingerprint density at radius 1 is 1.12 bits per heavy atom. The van der Waals surface area contributed by atoms with Crippen LogP contribution in [0.4, 0.5) is 11.5 Å². The van der Waals surface area contributed by atoms with Gasteiger partial charge in [0.25, 0.3) is 0 Å². The highest BCUT2D eigenvalue weighted by molar-refractivity contribution is 7.10. The van der Waals surface area contributed by atoms with E-state index >= 15 is 0 Å². The van der Waals surface area contributed by atoms with Crippen LogP contribution in [0.15, 0.2) is 35.1 Å². The third kappa shape index (κ3) is 3.03. The molecule has 0 saturated heterocycles. The van der Waals surface area contributed by atoms with Crippen molar-refractivity contribution in [2.75, 3.05) is 25.9 Å². The van der Waals surface area contributed by atoms with E-state index in [2.05, 4.69) is 0 Å². The van der Waals surface area contributed by atoms with Crippen LogP contribution < -0.4 is 28.7 Å². The van der Waals surface area contributed by atoms with Gasteiger partial charge in [0.15, 0.2) is 11.5 Å². The van der Waals surface area contributed by atoms with Crippen molar-refractivity contribution in [3.05, 3.63) is 55.5 Å². The molecule has 0 saturated carbocycles. The van der Waals surface area contributed by atoms with Crippen LogP contribution in [0.2, 0.25) is 5.02 Å². The van der Waals surface area contributed by atoms with Crippen molar-refractivity contribution in [1.29, 1.82) is 0 Å². The molecule has 3 heterocycles. The predicted molar refractivity (Wildman–Crippen MR) is 120 cm³/mol. The molecule has 1 atom stereocenters. The molecule has 2 aromatic carbocycles. The molecule has 2 aliphatic rings. The molecule has 0 N–H and O–H groups in total. The second-order valence-electron chi connectivity index (χ2n) is 7.35. The number of carbonyl (C=O) groups is 1. The minimum Gasteiger partial charge on any atom is -0.493 e. The summed E-state index contributed by atoms with van der Waals surface area (Å²) in [5, 5.41) is 0.501. The summed E-state index contributed by atoms with van der Waals surface area (Å²) in [6, 6.07) is 8.79. The van der Waals surface area contributed by atoms with E-state index in [0.29, 0.717) is 45.1 Å². The summed E-state index contributed by atoms with van der Waals surface area (Å²) in [7, 11) is 4.72. The number of hydrogen-bond donors (Lipinski definition) is 0. The van der Waals surface area contributed by atoms with Crippen LogP contribution in [0.25, 0.3) is 0 Å². The number of ether oxygens (including phenoxy) is 4. The van der Waals surface area contributed by atoms with E-state index in [1.54, 1.807) is 42.3 Å². The van der Waals surface area contributed by atoms with Gasteiger partial charge in [0, 0.05) is 30.0 Å². The van der Waals surface area contributed by atoms with E-state index in [4.69, 9.17) is 30.5 Å². The Labute approximate surface area is 192 Å². The molecule has 32 heavy (non-hydrogen) atoms. The van der Waals surface area contributed by atoms with Crippen LogP contribution in [-0.4, -0.2) is 31.5 Å². The molecule has 0 radical (unpaired) electrons. The summed E-state index contributed by atoms with van der Waals surface area (Å²) >= 11 is 7.28. The number of fused-ring (bicyclic) bond motifs is 2. The minimum absolute atomic E-state index is 0.0432. The molecule has 166 valence electrons. The molecule has 2 aliphatic heterocycles. The number of halogens is 1. The molecular weight excluding hydrogens is 456 g/mol. The summed E-state index contributed by atoms with van der Waals surface area (Å²) in [5.74, 6) is 1.74. The van der Waals surface area contributed by atoms with Crippen molar-refractivity contribution >= 4 is 40.4 Å². The fourth-order valence-corrected chi connectivity index (χ4v) is 5.48.